The van der Waals surface area contributed by atoms with E-state index in [0.717, 1.165) is 33.9 Å². The molecule has 1 aliphatic heterocycles. The first kappa shape index (κ1) is 12.3. The van der Waals surface area contributed by atoms with Crippen molar-refractivity contribution in [2.24, 2.45) is 0 Å². The topological polar surface area (TPSA) is 34.1 Å². The molecular weight excluding hydrogens is 336 g/mol. The van der Waals surface area contributed by atoms with Gasteiger partial charge in [0.1, 0.15) is 10.9 Å². The van der Waals surface area contributed by atoms with Crippen molar-refractivity contribution in [3.05, 3.63) is 38.3 Å². The predicted molar refractivity (Wildman–Crippen MR) is 77.8 cm³/mol. The number of hydrogen-bond donors (Lipinski definition) is 1. The van der Waals surface area contributed by atoms with E-state index in [4.69, 9.17) is 16.3 Å². The lowest BCUT2D eigenvalue weighted by Crippen LogP contribution is -2.01. The first-order chi connectivity index (χ1) is 8.72. The van der Waals surface area contributed by atoms with E-state index in [0.29, 0.717) is 11.7 Å². The van der Waals surface area contributed by atoms with Gasteiger partial charge in [-0.25, -0.2) is 4.98 Å². The molecule has 3 nitrogen and oxygen atoms in total. The van der Waals surface area contributed by atoms with Gasteiger partial charge < -0.3 is 10.1 Å². The predicted octanol–water partition coefficient (Wildman–Crippen LogP) is 4.11. The van der Waals surface area contributed by atoms with E-state index in [1.807, 2.05) is 5.38 Å². The molecule has 0 radical (unpaired) electrons. The highest BCUT2D eigenvalue weighted by Gasteiger charge is 2.17. The summed E-state index contributed by atoms with van der Waals surface area (Å²) in [6.45, 7) is 1.45. The van der Waals surface area contributed by atoms with Gasteiger partial charge in [0.05, 0.1) is 6.61 Å². The minimum absolute atomic E-state index is 0.526. The normalized spacial score (nSPS) is 13.2. The van der Waals surface area contributed by atoms with Crippen molar-refractivity contribution in [2.75, 3.05) is 11.9 Å². The largest absolute Gasteiger partial charge is 0.493 e. The summed E-state index contributed by atoms with van der Waals surface area (Å²) < 4.78 is 6.76. The van der Waals surface area contributed by atoms with Crippen LogP contribution >= 0.6 is 38.9 Å². The van der Waals surface area contributed by atoms with Gasteiger partial charge in [0.25, 0.3) is 0 Å². The van der Waals surface area contributed by atoms with Crippen molar-refractivity contribution in [3.8, 4) is 5.75 Å². The summed E-state index contributed by atoms with van der Waals surface area (Å²) >= 11 is 10.8. The van der Waals surface area contributed by atoms with Gasteiger partial charge in [-0.3, -0.25) is 0 Å². The lowest BCUT2D eigenvalue weighted by Gasteiger charge is -2.09. The van der Waals surface area contributed by atoms with Gasteiger partial charge in [-0.2, -0.15) is 0 Å². The summed E-state index contributed by atoms with van der Waals surface area (Å²) in [7, 11) is 0. The molecule has 0 aliphatic carbocycles. The van der Waals surface area contributed by atoms with Gasteiger partial charge in [-0.15, -0.1) is 11.3 Å². The second-order valence-corrected chi connectivity index (χ2v) is 6.14. The summed E-state index contributed by atoms with van der Waals surface area (Å²) in [5.41, 5.74) is 2.40. The smallest absolute Gasteiger partial charge is 0.184 e. The minimum atomic E-state index is 0.526. The molecule has 1 aliphatic rings. The molecule has 1 N–H and O–H groups in total. The van der Waals surface area contributed by atoms with E-state index in [1.165, 1.54) is 16.9 Å². The van der Waals surface area contributed by atoms with Gasteiger partial charge in [0.15, 0.2) is 5.13 Å². The number of halogens is 2. The molecule has 0 fully saturated rings. The maximum atomic E-state index is 5.79. The molecule has 0 spiro atoms. The van der Waals surface area contributed by atoms with Crippen LogP contribution in [0.2, 0.25) is 5.15 Å². The Morgan fingerprint density at radius 3 is 3.17 bits per heavy atom. The Balaban J connectivity index is 1.80. The molecule has 0 saturated heterocycles. The third-order valence-electron chi connectivity index (χ3n) is 2.73. The Bertz CT molecular complexity index is 587. The molecule has 0 unspecified atom stereocenters. The van der Waals surface area contributed by atoms with Crippen LogP contribution in [0, 0.1) is 0 Å². The van der Waals surface area contributed by atoms with Crippen molar-refractivity contribution < 1.29 is 4.74 Å². The molecule has 0 saturated carbocycles. The van der Waals surface area contributed by atoms with Crippen molar-refractivity contribution in [3.63, 3.8) is 0 Å². The number of nitrogens with zero attached hydrogens (tertiary/aromatic N) is 1. The average molecular weight is 346 g/mol. The molecule has 2 aromatic rings. The number of fused-ring (bicyclic) bond motifs is 1. The van der Waals surface area contributed by atoms with Gasteiger partial charge in [-0.1, -0.05) is 27.5 Å². The number of benzene rings is 1. The number of nitrogens with one attached hydrogen (secondary N) is 1. The van der Waals surface area contributed by atoms with Gasteiger partial charge in [0, 0.05) is 28.4 Å². The second-order valence-electron chi connectivity index (χ2n) is 3.98. The molecular formula is C12H10BrClN2OS. The molecule has 1 aromatic carbocycles. The van der Waals surface area contributed by atoms with Crippen LogP contribution in [0.15, 0.2) is 22.0 Å². The molecule has 0 atom stereocenters. The van der Waals surface area contributed by atoms with Crippen molar-refractivity contribution in [2.45, 2.75) is 13.0 Å². The van der Waals surface area contributed by atoms with Crippen LogP contribution in [-0.4, -0.2) is 11.6 Å². The highest BCUT2D eigenvalue weighted by atomic mass is 79.9. The van der Waals surface area contributed by atoms with Crippen molar-refractivity contribution in [1.29, 1.82) is 0 Å². The fourth-order valence-electron chi connectivity index (χ4n) is 1.98. The zero-order chi connectivity index (χ0) is 12.5. The SMILES string of the molecule is Clc1csc(NCc2cc(Br)cc3c2OCC3)n1. The van der Waals surface area contributed by atoms with Gasteiger partial charge >= 0.3 is 0 Å². The number of rotatable bonds is 3. The quantitative estimate of drug-likeness (QED) is 0.909. The van der Waals surface area contributed by atoms with Gasteiger partial charge in [0.2, 0.25) is 0 Å². The van der Waals surface area contributed by atoms with E-state index in [9.17, 15) is 0 Å². The third kappa shape index (κ3) is 2.48. The molecule has 94 valence electrons. The summed E-state index contributed by atoms with van der Waals surface area (Å²) in [5.74, 6) is 1.01. The van der Waals surface area contributed by atoms with E-state index in [-0.39, 0.29) is 0 Å². The Morgan fingerprint density at radius 1 is 1.50 bits per heavy atom. The highest BCUT2D eigenvalue weighted by Crippen LogP contribution is 2.33. The fraction of sp³-hybridized carbons (Fsp3) is 0.250. The highest BCUT2D eigenvalue weighted by molar-refractivity contribution is 9.10. The summed E-state index contributed by atoms with van der Waals surface area (Å²) in [4.78, 5) is 4.16. The lowest BCUT2D eigenvalue weighted by atomic mass is 10.1. The standard InChI is InChI=1S/C12H10BrClN2OS/c13-9-3-7-1-2-17-11(7)8(4-9)5-15-12-16-10(14)6-18-12/h3-4,6H,1-2,5H2,(H,15,16). The van der Waals surface area contributed by atoms with Crippen LogP contribution in [0.25, 0.3) is 0 Å². The average Bonchev–Trinajstić information content (AvgIpc) is 2.94. The minimum Gasteiger partial charge on any atom is -0.493 e. The first-order valence-electron chi connectivity index (χ1n) is 5.51. The number of anilines is 1. The second kappa shape index (κ2) is 5.07. The van der Waals surface area contributed by atoms with E-state index in [1.54, 1.807) is 0 Å². The van der Waals surface area contributed by atoms with E-state index >= 15 is 0 Å². The molecule has 18 heavy (non-hydrogen) atoms. The maximum absolute atomic E-state index is 5.79. The van der Waals surface area contributed by atoms with E-state index < -0.39 is 0 Å². The molecule has 2 heterocycles. The first-order valence-corrected chi connectivity index (χ1v) is 7.56. The van der Waals surface area contributed by atoms with Crippen molar-refractivity contribution >= 4 is 44.0 Å². The Labute approximate surface area is 122 Å². The van der Waals surface area contributed by atoms with E-state index in [2.05, 4.69) is 38.4 Å². The molecule has 0 bridgehead atoms. The number of ether oxygens (including phenoxy) is 1. The number of thiazole rings is 1. The van der Waals surface area contributed by atoms with Crippen molar-refractivity contribution in [1.82, 2.24) is 4.98 Å². The van der Waals surface area contributed by atoms with Gasteiger partial charge in [-0.05, 0) is 17.7 Å². The summed E-state index contributed by atoms with van der Waals surface area (Å²) in [5, 5.41) is 6.42. The Hall–Kier alpha value is -0.780. The zero-order valence-electron chi connectivity index (χ0n) is 9.37. The molecule has 3 rings (SSSR count). The Morgan fingerprint density at radius 2 is 2.39 bits per heavy atom. The lowest BCUT2D eigenvalue weighted by molar-refractivity contribution is 0.354. The number of hydrogen-bond acceptors (Lipinski definition) is 4. The summed E-state index contributed by atoms with van der Waals surface area (Å²) in [6.07, 6.45) is 0.977. The molecule has 6 heteroatoms. The van der Waals surface area contributed by atoms with Crippen LogP contribution in [0.1, 0.15) is 11.1 Å². The molecule has 0 amide bonds. The number of aromatic nitrogens is 1. The maximum Gasteiger partial charge on any atom is 0.184 e. The monoisotopic (exact) mass is 344 g/mol. The molecule has 1 aromatic heterocycles. The Kier molecular flexibility index (Phi) is 3.46. The van der Waals surface area contributed by atoms with Crippen LogP contribution in [0.4, 0.5) is 5.13 Å². The summed E-state index contributed by atoms with van der Waals surface area (Å²) in [6, 6.07) is 4.19. The zero-order valence-corrected chi connectivity index (χ0v) is 12.5. The van der Waals surface area contributed by atoms with Crippen LogP contribution in [-0.2, 0) is 13.0 Å². The fourth-order valence-corrected chi connectivity index (χ4v) is 3.37. The van der Waals surface area contributed by atoms with Crippen LogP contribution in [0.3, 0.4) is 0 Å². The third-order valence-corrected chi connectivity index (χ3v) is 4.31. The van der Waals surface area contributed by atoms with Crippen LogP contribution in [0.5, 0.6) is 5.75 Å². The van der Waals surface area contributed by atoms with Crippen LogP contribution < -0.4 is 10.1 Å².